The largest absolute Gasteiger partial charge is 0.391 e. The quantitative estimate of drug-likeness (QED) is 0.583. The molecular weight excluding hydrogens is 446 g/mol. The van der Waals surface area contributed by atoms with Crippen LogP contribution in [-0.4, -0.2) is 102 Å². The number of H-pyrrole nitrogens is 1. The number of urea groups is 1. The SMILES string of the molecule is N#CC[C@]1(n2cc(-c3ncnc4[nH]ccc34)cn2)C[C@@H](N2CCN(C(=O)N3CC[C@H](O)C3)CC2)C1. The zero-order valence-corrected chi connectivity index (χ0v) is 19.5. The molecule has 2 amide bonds. The molecule has 3 aliphatic rings. The van der Waals surface area contributed by atoms with E-state index in [9.17, 15) is 15.2 Å². The average molecular weight is 476 g/mol. The molecule has 35 heavy (non-hydrogen) atoms. The molecule has 11 nitrogen and oxygen atoms in total. The van der Waals surface area contributed by atoms with E-state index in [1.807, 2.05) is 34.2 Å². The monoisotopic (exact) mass is 475 g/mol. The van der Waals surface area contributed by atoms with Gasteiger partial charge in [0.05, 0.1) is 36.0 Å². The van der Waals surface area contributed by atoms with Gasteiger partial charge in [-0.25, -0.2) is 14.8 Å². The standard InChI is InChI=1S/C24H29N9O2/c25-4-3-24(33-14-17(13-29-33)21-20-1-5-26-22(20)28-16-27-21)11-18(12-24)30-7-9-31(10-8-30)23(35)32-6-2-19(34)15-32/h1,5,13-14,16,18-19,34H,2-3,6-12,15H2,(H,26,27,28)/t18-,19-,24+/m0/s1. The fraction of sp³-hybridized carbons (Fsp3) is 0.542. The van der Waals surface area contributed by atoms with Gasteiger partial charge in [-0.2, -0.15) is 10.4 Å². The number of hydrogen-bond donors (Lipinski definition) is 2. The summed E-state index contributed by atoms with van der Waals surface area (Å²) in [5.74, 6) is 0. The van der Waals surface area contributed by atoms with Crippen LogP contribution in [0, 0.1) is 11.3 Å². The molecule has 2 saturated heterocycles. The Bertz CT molecular complexity index is 1260. The number of fused-ring (bicyclic) bond motifs is 1. The van der Waals surface area contributed by atoms with E-state index in [-0.39, 0.29) is 11.6 Å². The highest BCUT2D eigenvalue weighted by molar-refractivity contribution is 5.90. The molecule has 0 unspecified atom stereocenters. The maximum Gasteiger partial charge on any atom is 0.320 e. The highest BCUT2D eigenvalue weighted by atomic mass is 16.3. The van der Waals surface area contributed by atoms with E-state index in [0.717, 1.165) is 48.2 Å². The van der Waals surface area contributed by atoms with Crippen molar-refractivity contribution in [2.75, 3.05) is 39.3 Å². The van der Waals surface area contributed by atoms with Crippen LogP contribution in [0.1, 0.15) is 25.7 Å². The summed E-state index contributed by atoms with van der Waals surface area (Å²) in [5.41, 5.74) is 2.21. The number of nitriles is 1. The Balaban J connectivity index is 1.11. The van der Waals surface area contributed by atoms with Gasteiger partial charge in [-0.15, -0.1) is 0 Å². The van der Waals surface area contributed by atoms with Crippen molar-refractivity contribution in [3.63, 3.8) is 0 Å². The Morgan fingerprint density at radius 3 is 2.77 bits per heavy atom. The zero-order valence-electron chi connectivity index (χ0n) is 19.5. The van der Waals surface area contributed by atoms with Gasteiger partial charge >= 0.3 is 6.03 Å². The first kappa shape index (κ1) is 22.0. The van der Waals surface area contributed by atoms with Crippen molar-refractivity contribution in [2.24, 2.45) is 0 Å². The number of likely N-dealkylation sites (tertiary alicyclic amines) is 1. The first-order valence-corrected chi connectivity index (χ1v) is 12.2. The Kier molecular flexibility index (Phi) is 5.42. The van der Waals surface area contributed by atoms with E-state index in [2.05, 4.69) is 31.0 Å². The number of β-amino-alcohol motifs (C(OH)–C–C–N with tert-alkyl or cyclic N) is 1. The van der Waals surface area contributed by atoms with Crippen LogP contribution in [0.5, 0.6) is 0 Å². The molecule has 1 atom stereocenters. The van der Waals surface area contributed by atoms with Crippen molar-refractivity contribution in [3.05, 3.63) is 31.0 Å². The lowest BCUT2D eigenvalue weighted by Gasteiger charge is -2.52. The number of nitrogens with zero attached hydrogens (tertiary/aromatic N) is 8. The van der Waals surface area contributed by atoms with Crippen molar-refractivity contribution in [1.82, 2.24) is 39.4 Å². The first-order chi connectivity index (χ1) is 17.1. The summed E-state index contributed by atoms with van der Waals surface area (Å²) in [6, 6.07) is 4.75. The van der Waals surface area contributed by atoms with E-state index in [0.29, 0.717) is 45.1 Å². The molecule has 11 heteroatoms. The Labute approximate surface area is 203 Å². The van der Waals surface area contributed by atoms with Crippen molar-refractivity contribution in [3.8, 4) is 17.3 Å². The summed E-state index contributed by atoms with van der Waals surface area (Å²) < 4.78 is 1.96. The van der Waals surface area contributed by atoms with Crippen LogP contribution in [0.25, 0.3) is 22.3 Å². The predicted octanol–water partition coefficient (Wildman–Crippen LogP) is 1.40. The molecule has 0 bridgehead atoms. The molecule has 182 valence electrons. The van der Waals surface area contributed by atoms with E-state index < -0.39 is 6.10 Å². The maximum absolute atomic E-state index is 12.7. The van der Waals surface area contributed by atoms with E-state index in [1.165, 1.54) is 0 Å². The second-order valence-corrected chi connectivity index (χ2v) is 9.95. The summed E-state index contributed by atoms with van der Waals surface area (Å²) in [4.78, 5) is 30.7. The second-order valence-electron chi connectivity index (χ2n) is 9.95. The molecule has 3 fully saturated rings. The minimum absolute atomic E-state index is 0.0407. The van der Waals surface area contributed by atoms with E-state index >= 15 is 0 Å². The third-order valence-corrected chi connectivity index (χ3v) is 7.87. The molecule has 2 N–H and O–H groups in total. The lowest BCUT2D eigenvalue weighted by Crippen LogP contribution is -2.61. The Morgan fingerprint density at radius 2 is 2.03 bits per heavy atom. The van der Waals surface area contributed by atoms with E-state index in [4.69, 9.17) is 0 Å². The number of nitrogens with one attached hydrogen (secondary N) is 1. The van der Waals surface area contributed by atoms with Gasteiger partial charge < -0.3 is 19.9 Å². The van der Waals surface area contributed by atoms with Gasteiger partial charge in [0.1, 0.15) is 12.0 Å². The van der Waals surface area contributed by atoms with Crippen molar-refractivity contribution in [1.29, 1.82) is 5.26 Å². The van der Waals surface area contributed by atoms with Gasteiger partial charge in [-0.3, -0.25) is 9.58 Å². The number of aliphatic hydroxyl groups excluding tert-OH is 1. The number of aromatic amines is 1. The van der Waals surface area contributed by atoms with Crippen LogP contribution in [0.2, 0.25) is 0 Å². The number of piperazine rings is 1. The van der Waals surface area contributed by atoms with Crippen LogP contribution >= 0.6 is 0 Å². The lowest BCUT2D eigenvalue weighted by molar-refractivity contribution is -0.0146. The molecule has 1 aliphatic carbocycles. The number of amides is 2. The van der Waals surface area contributed by atoms with E-state index in [1.54, 1.807) is 11.2 Å². The van der Waals surface area contributed by atoms with Crippen molar-refractivity contribution >= 4 is 17.1 Å². The fourth-order valence-electron chi connectivity index (χ4n) is 5.84. The summed E-state index contributed by atoms with van der Waals surface area (Å²) in [5, 5.41) is 24.9. The van der Waals surface area contributed by atoms with Gasteiger partial charge in [0, 0.05) is 68.7 Å². The molecule has 0 spiro atoms. The van der Waals surface area contributed by atoms with Crippen LogP contribution in [0.4, 0.5) is 4.79 Å². The molecule has 1 saturated carbocycles. The number of aliphatic hydroxyl groups is 1. The normalized spacial score (nSPS) is 27.2. The van der Waals surface area contributed by atoms with Gasteiger partial charge in [0.2, 0.25) is 0 Å². The fourth-order valence-corrected chi connectivity index (χ4v) is 5.84. The third-order valence-electron chi connectivity index (χ3n) is 7.87. The lowest BCUT2D eigenvalue weighted by atomic mass is 9.70. The Hall–Kier alpha value is -3.49. The van der Waals surface area contributed by atoms with Gasteiger partial charge in [-0.1, -0.05) is 0 Å². The highest BCUT2D eigenvalue weighted by Gasteiger charge is 2.49. The number of hydrogen-bond acceptors (Lipinski definition) is 7. The Morgan fingerprint density at radius 1 is 1.20 bits per heavy atom. The molecule has 0 aromatic carbocycles. The number of carbonyl (C=O) groups excluding carboxylic acids is 1. The molecule has 3 aromatic rings. The van der Waals surface area contributed by atoms with Gasteiger partial charge in [0.25, 0.3) is 0 Å². The van der Waals surface area contributed by atoms with Crippen LogP contribution in [0.3, 0.4) is 0 Å². The number of carbonyl (C=O) groups is 1. The van der Waals surface area contributed by atoms with Crippen LogP contribution < -0.4 is 0 Å². The first-order valence-electron chi connectivity index (χ1n) is 12.2. The van der Waals surface area contributed by atoms with Gasteiger partial charge in [0.15, 0.2) is 0 Å². The summed E-state index contributed by atoms with van der Waals surface area (Å²) >= 11 is 0. The van der Waals surface area contributed by atoms with Crippen molar-refractivity contribution in [2.45, 2.75) is 43.4 Å². The van der Waals surface area contributed by atoms with Gasteiger partial charge in [-0.05, 0) is 25.3 Å². The maximum atomic E-state index is 12.7. The number of aromatic nitrogens is 5. The minimum atomic E-state index is -0.394. The predicted molar refractivity (Wildman–Crippen MR) is 127 cm³/mol. The summed E-state index contributed by atoms with van der Waals surface area (Å²) in [6.07, 6.45) is 9.61. The molecule has 2 aliphatic heterocycles. The second kappa shape index (κ2) is 8.62. The molecule has 6 rings (SSSR count). The summed E-state index contributed by atoms with van der Waals surface area (Å²) in [6.45, 7) is 4.11. The molecular formula is C24H29N9O2. The average Bonchev–Trinajstić information content (AvgIpc) is 3.61. The third kappa shape index (κ3) is 3.83. The highest BCUT2D eigenvalue weighted by Crippen LogP contribution is 2.45. The smallest absolute Gasteiger partial charge is 0.320 e. The zero-order chi connectivity index (χ0) is 24.0. The van der Waals surface area contributed by atoms with Crippen LogP contribution in [0.15, 0.2) is 31.0 Å². The van der Waals surface area contributed by atoms with Crippen LogP contribution in [-0.2, 0) is 5.54 Å². The minimum Gasteiger partial charge on any atom is -0.391 e. The molecule has 0 radical (unpaired) electrons. The topological polar surface area (TPSA) is 130 Å². The van der Waals surface area contributed by atoms with Crippen molar-refractivity contribution < 1.29 is 9.90 Å². The molecule has 5 heterocycles. The molecule has 3 aromatic heterocycles. The summed E-state index contributed by atoms with van der Waals surface area (Å²) in [7, 11) is 0. The number of rotatable bonds is 4.